The van der Waals surface area contributed by atoms with Gasteiger partial charge in [0.05, 0.1) is 35.6 Å². The van der Waals surface area contributed by atoms with Gasteiger partial charge in [0.15, 0.2) is 0 Å². The second kappa shape index (κ2) is 9.93. The van der Waals surface area contributed by atoms with Crippen LogP contribution in [0.5, 0.6) is 5.75 Å². The Hall–Kier alpha value is -3.63. The van der Waals surface area contributed by atoms with Gasteiger partial charge in [-0.05, 0) is 57.6 Å². The number of aryl methyl sites for hydroxylation is 2. The van der Waals surface area contributed by atoms with Crippen molar-refractivity contribution in [2.75, 3.05) is 5.32 Å². The highest BCUT2D eigenvalue weighted by Gasteiger charge is 2.28. The summed E-state index contributed by atoms with van der Waals surface area (Å²) < 4.78 is 7.85. The third-order valence-corrected chi connectivity index (χ3v) is 6.97. The topological polar surface area (TPSA) is 141 Å². The summed E-state index contributed by atoms with van der Waals surface area (Å²) >= 11 is 0. The molecule has 11 heteroatoms. The van der Waals surface area contributed by atoms with Gasteiger partial charge in [-0.3, -0.25) is 4.79 Å². The maximum Gasteiger partial charge on any atom is 0.306 e. The van der Waals surface area contributed by atoms with Gasteiger partial charge in [-0.1, -0.05) is 11.6 Å². The Labute approximate surface area is 203 Å². The van der Waals surface area contributed by atoms with E-state index in [0.717, 1.165) is 42.9 Å². The fourth-order valence-electron chi connectivity index (χ4n) is 4.65. The molecule has 2 atom stereocenters. The number of carbonyl (C=O) groups is 1. The molecule has 3 heterocycles. The zero-order valence-corrected chi connectivity index (χ0v) is 20.0. The molecule has 0 aliphatic heterocycles. The first-order valence-corrected chi connectivity index (χ1v) is 12.2. The summed E-state index contributed by atoms with van der Waals surface area (Å²) in [6.07, 6.45) is 7.86. The van der Waals surface area contributed by atoms with E-state index in [4.69, 9.17) is 9.72 Å². The van der Waals surface area contributed by atoms with Crippen LogP contribution in [0.1, 0.15) is 68.1 Å². The third-order valence-electron chi connectivity index (χ3n) is 6.97. The fourth-order valence-corrected chi connectivity index (χ4v) is 4.65. The minimum Gasteiger partial charge on any atom is -0.489 e. The summed E-state index contributed by atoms with van der Waals surface area (Å²) in [5.74, 6) is 1.40. The number of hydrogen-bond acceptors (Lipinski definition) is 9. The number of aliphatic carboxylic acids is 1. The lowest BCUT2D eigenvalue weighted by molar-refractivity contribution is -0.143. The van der Waals surface area contributed by atoms with Crippen LogP contribution >= 0.6 is 0 Å². The zero-order chi connectivity index (χ0) is 24.4. The Balaban J connectivity index is 1.28. The molecule has 2 aliphatic carbocycles. The van der Waals surface area contributed by atoms with E-state index in [-0.39, 0.29) is 12.0 Å². The van der Waals surface area contributed by atoms with Gasteiger partial charge in [0.2, 0.25) is 5.95 Å². The number of aromatic nitrogens is 7. The Morgan fingerprint density at radius 2 is 2.00 bits per heavy atom. The van der Waals surface area contributed by atoms with Crippen LogP contribution in [0.3, 0.4) is 0 Å². The van der Waals surface area contributed by atoms with Gasteiger partial charge in [0.25, 0.3) is 0 Å². The van der Waals surface area contributed by atoms with E-state index in [1.807, 2.05) is 26.1 Å². The summed E-state index contributed by atoms with van der Waals surface area (Å²) in [5.41, 5.74) is 2.95. The van der Waals surface area contributed by atoms with Crippen LogP contribution < -0.4 is 10.1 Å². The number of anilines is 1. The second-order valence-electron chi connectivity index (χ2n) is 9.38. The summed E-state index contributed by atoms with van der Waals surface area (Å²) in [6.45, 7) is 2.32. The van der Waals surface area contributed by atoms with Gasteiger partial charge < -0.3 is 15.2 Å². The highest BCUT2D eigenvalue weighted by atomic mass is 16.5. The normalized spacial score (nSPS) is 20.3. The Kier molecular flexibility index (Phi) is 6.56. The number of carboxylic acid groups (broad SMARTS) is 1. The Bertz CT molecular complexity index is 1210. The van der Waals surface area contributed by atoms with Crippen LogP contribution in [0, 0.1) is 12.8 Å². The summed E-state index contributed by atoms with van der Waals surface area (Å²) in [6, 6.07) is 3.75. The van der Waals surface area contributed by atoms with Crippen molar-refractivity contribution in [3.63, 3.8) is 0 Å². The summed E-state index contributed by atoms with van der Waals surface area (Å²) in [4.78, 5) is 29.2. The van der Waals surface area contributed by atoms with Crippen molar-refractivity contribution < 1.29 is 14.6 Å². The molecule has 0 spiro atoms. The molecule has 2 fully saturated rings. The molecule has 2 N–H and O–H groups in total. The Morgan fingerprint density at radius 3 is 2.74 bits per heavy atom. The zero-order valence-electron chi connectivity index (χ0n) is 20.0. The van der Waals surface area contributed by atoms with Crippen LogP contribution in [0.15, 0.2) is 18.5 Å². The summed E-state index contributed by atoms with van der Waals surface area (Å²) in [5, 5.41) is 21.1. The van der Waals surface area contributed by atoms with Crippen LogP contribution in [0.4, 0.5) is 5.95 Å². The maximum absolute atomic E-state index is 11.4. The molecule has 184 valence electrons. The fraction of sp³-hybridized carbons (Fsp3) is 0.542. The quantitative estimate of drug-likeness (QED) is 0.495. The van der Waals surface area contributed by atoms with Crippen molar-refractivity contribution in [2.45, 2.75) is 70.4 Å². The molecule has 2 aliphatic rings. The van der Waals surface area contributed by atoms with Crippen molar-refractivity contribution >= 4 is 11.9 Å². The monoisotopic (exact) mass is 478 g/mol. The van der Waals surface area contributed by atoms with Crippen molar-refractivity contribution in [3.8, 4) is 17.1 Å². The number of ether oxygens (including phenoxy) is 1. The van der Waals surface area contributed by atoms with Gasteiger partial charge in [0.1, 0.15) is 23.6 Å². The lowest BCUT2D eigenvalue weighted by Gasteiger charge is -2.27. The van der Waals surface area contributed by atoms with Gasteiger partial charge in [-0.25, -0.2) is 19.6 Å². The number of nitrogens with zero attached hydrogens (tertiary/aromatic N) is 7. The van der Waals surface area contributed by atoms with E-state index in [1.165, 1.54) is 6.42 Å². The number of carboxylic acids is 1. The molecule has 35 heavy (non-hydrogen) atoms. The SMILES string of the molecule is Cc1nc(-c2nnn(C)c2CNc2ncnc(C3CCC3)n2)ccc1O[C@H]1CCC[C@H](C(=O)O)C1. The average molecular weight is 479 g/mol. The molecule has 0 unspecified atom stereocenters. The smallest absolute Gasteiger partial charge is 0.306 e. The molecule has 0 aromatic carbocycles. The average Bonchev–Trinajstić information content (AvgIpc) is 3.18. The minimum absolute atomic E-state index is 0.113. The Morgan fingerprint density at radius 1 is 1.17 bits per heavy atom. The van der Waals surface area contributed by atoms with E-state index in [1.54, 1.807) is 11.0 Å². The summed E-state index contributed by atoms with van der Waals surface area (Å²) in [7, 11) is 1.84. The lowest BCUT2D eigenvalue weighted by Crippen LogP contribution is -2.29. The second-order valence-corrected chi connectivity index (χ2v) is 9.38. The van der Waals surface area contributed by atoms with Crippen molar-refractivity contribution in [3.05, 3.63) is 35.7 Å². The van der Waals surface area contributed by atoms with Crippen molar-refractivity contribution in [1.82, 2.24) is 34.9 Å². The van der Waals surface area contributed by atoms with E-state index >= 15 is 0 Å². The number of rotatable bonds is 8. The first kappa shape index (κ1) is 23.1. The van der Waals surface area contributed by atoms with Crippen LogP contribution in [0.25, 0.3) is 11.4 Å². The molecule has 3 aromatic rings. The lowest BCUT2D eigenvalue weighted by atomic mass is 9.85. The minimum atomic E-state index is -0.747. The first-order valence-electron chi connectivity index (χ1n) is 12.2. The number of nitrogens with one attached hydrogen (secondary N) is 1. The molecule has 3 aromatic heterocycles. The van der Waals surface area contributed by atoms with Crippen LogP contribution in [-0.2, 0) is 18.4 Å². The van der Waals surface area contributed by atoms with E-state index in [9.17, 15) is 9.90 Å². The number of pyridine rings is 1. The molecule has 0 bridgehead atoms. The molecule has 2 saturated carbocycles. The highest BCUT2D eigenvalue weighted by Crippen LogP contribution is 2.34. The van der Waals surface area contributed by atoms with Crippen molar-refractivity contribution in [1.29, 1.82) is 0 Å². The predicted octanol–water partition coefficient (Wildman–Crippen LogP) is 3.27. The number of hydrogen-bond donors (Lipinski definition) is 2. The molecule has 0 amide bonds. The van der Waals surface area contributed by atoms with E-state index in [0.29, 0.717) is 48.4 Å². The largest absolute Gasteiger partial charge is 0.489 e. The molecular weight excluding hydrogens is 448 g/mol. The maximum atomic E-state index is 11.4. The molecule has 5 rings (SSSR count). The van der Waals surface area contributed by atoms with Gasteiger partial charge >= 0.3 is 5.97 Å². The van der Waals surface area contributed by atoms with Gasteiger partial charge in [-0.2, -0.15) is 4.98 Å². The van der Waals surface area contributed by atoms with Gasteiger partial charge in [0, 0.05) is 13.0 Å². The van der Waals surface area contributed by atoms with Gasteiger partial charge in [-0.15, -0.1) is 5.10 Å². The highest BCUT2D eigenvalue weighted by molar-refractivity contribution is 5.70. The van der Waals surface area contributed by atoms with Crippen molar-refractivity contribution in [2.24, 2.45) is 13.0 Å². The van der Waals surface area contributed by atoms with E-state index in [2.05, 4.69) is 30.6 Å². The standard InChI is InChI=1S/C24H30N8O3/c1-14-20(35-17-8-4-7-16(11-17)23(33)34)10-9-18(28-14)21-19(32(2)31-30-21)12-25-24-27-13-26-22(29-24)15-5-3-6-15/h9-10,13,15-17H,3-8,11-12H2,1-2H3,(H,33,34)(H,25,26,27,29)/t16-,17-/m0/s1. The molecular formula is C24H30N8O3. The van der Waals surface area contributed by atoms with Crippen LogP contribution in [-0.4, -0.2) is 52.1 Å². The first-order chi connectivity index (χ1) is 17.0. The third kappa shape index (κ3) is 5.08. The predicted molar refractivity (Wildman–Crippen MR) is 127 cm³/mol. The molecule has 0 saturated heterocycles. The van der Waals surface area contributed by atoms with Crippen LogP contribution in [0.2, 0.25) is 0 Å². The molecule has 11 nitrogen and oxygen atoms in total. The molecule has 0 radical (unpaired) electrons. The van der Waals surface area contributed by atoms with E-state index < -0.39 is 5.97 Å².